The molecule has 0 aromatic carbocycles. The van der Waals surface area contributed by atoms with Crippen LogP contribution in [-0.2, 0) is 9.59 Å². The lowest BCUT2D eigenvalue weighted by atomic mass is 10.1. The van der Waals surface area contributed by atoms with Crippen LogP contribution in [0.5, 0.6) is 0 Å². The summed E-state index contributed by atoms with van der Waals surface area (Å²) in [7, 11) is 0. The van der Waals surface area contributed by atoms with E-state index in [1.165, 1.54) is 19.3 Å². The van der Waals surface area contributed by atoms with Crippen LogP contribution in [0.3, 0.4) is 0 Å². The molecule has 0 rings (SSSR count). The standard InChI is InChI=1S/C10H16O2/c1-2-3-4-5-6-7-10(8-11)9-12/h8H,2-7H2,1H3. The summed E-state index contributed by atoms with van der Waals surface area (Å²) in [5, 5.41) is 0. The quantitative estimate of drug-likeness (QED) is 0.253. The summed E-state index contributed by atoms with van der Waals surface area (Å²) in [4.78, 5) is 20.2. The van der Waals surface area contributed by atoms with Crippen LogP contribution in [0.15, 0.2) is 5.57 Å². The molecule has 0 saturated carbocycles. The number of unbranched alkanes of at least 4 members (excludes halogenated alkanes) is 4. The van der Waals surface area contributed by atoms with E-state index in [2.05, 4.69) is 6.92 Å². The van der Waals surface area contributed by atoms with Crippen LogP contribution >= 0.6 is 0 Å². The van der Waals surface area contributed by atoms with Gasteiger partial charge in [-0.25, -0.2) is 4.79 Å². The SMILES string of the molecule is CCCCCCCC(=C=O)C=O. The second kappa shape index (κ2) is 8.22. The number of carbonyl (C=O) groups excluding carboxylic acids is 2. The average molecular weight is 168 g/mol. The summed E-state index contributed by atoms with van der Waals surface area (Å²) in [5.74, 6) is 1.64. The van der Waals surface area contributed by atoms with Gasteiger partial charge in [0.25, 0.3) is 0 Å². The van der Waals surface area contributed by atoms with Crippen LogP contribution < -0.4 is 0 Å². The Kier molecular flexibility index (Phi) is 7.62. The van der Waals surface area contributed by atoms with Gasteiger partial charge in [-0.15, -0.1) is 0 Å². The van der Waals surface area contributed by atoms with E-state index in [1.807, 2.05) is 0 Å². The number of hydrogen-bond acceptors (Lipinski definition) is 2. The van der Waals surface area contributed by atoms with Gasteiger partial charge in [0.2, 0.25) is 0 Å². The van der Waals surface area contributed by atoms with E-state index in [9.17, 15) is 9.59 Å². The molecule has 0 aromatic rings. The monoisotopic (exact) mass is 168 g/mol. The van der Waals surface area contributed by atoms with Gasteiger partial charge >= 0.3 is 0 Å². The largest absolute Gasteiger partial charge is 0.297 e. The first-order valence-corrected chi connectivity index (χ1v) is 4.54. The van der Waals surface area contributed by atoms with Crippen LogP contribution in [0.4, 0.5) is 0 Å². The van der Waals surface area contributed by atoms with E-state index in [1.54, 1.807) is 5.94 Å². The minimum Gasteiger partial charge on any atom is -0.297 e. The fourth-order valence-electron chi connectivity index (χ4n) is 1.05. The lowest BCUT2D eigenvalue weighted by molar-refractivity contribution is -0.104. The Balaban J connectivity index is 3.30. The second-order valence-electron chi connectivity index (χ2n) is 2.91. The van der Waals surface area contributed by atoms with Crippen molar-refractivity contribution in [3.05, 3.63) is 5.57 Å². The van der Waals surface area contributed by atoms with Gasteiger partial charge in [0, 0.05) is 0 Å². The highest BCUT2D eigenvalue weighted by Gasteiger charge is 1.95. The zero-order valence-electron chi connectivity index (χ0n) is 7.64. The summed E-state index contributed by atoms with van der Waals surface area (Å²) in [6, 6.07) is 0. The Morgan fingerprint density at radius 1 is 1.25 bits per heavy atom. The number of carbonyl (C=O) groups is 1. The highest BCUT2D eigenvalue weighted by atomic mass is 16.1. The van der Waals surface area contributed by atoms with Crippen molar-refractivity contribution >= 4 is 12.2 Å². The Labute approximate surface area is 73.7 Å². The molecule has 0 saturated heterocycles. The highest BCUT2D eigenvalue weighted by molar-refractivity contribution is 5.85. The van der Waals surface area contributed by atoms with Crippen molar-refractivity contribution in [2.45, 2.75) is 45.4 Å². The highest BCUT2D eigenvalue weighted by Crippen LogP contribution is 2.07. The molecule has 0 radical (unpaired) electrons. The molecule has 0 amide bonds. The van der Waals surface area contributed by atoms with Crippen molar-refractivity contribution in [1.82, 2.24) is 0 Å². The first-order chi connectivity index (χ1) is 5.85. The zero-order chi connectivity index (χ0) is 9.23. The van der Waals surface area contributed by atoms with Crippen LogP contribution in [0.25, 0.3) is 0 Å². The first-order valence-electron chi connectivity index (χ1n) is 4.54. The van der Waals surface area contributed by atoms with Gasteiger partial charge in [0.15, 0.2) is 6.29 Å². The van der Waals surface area contributed by atoms with E-state index in [0.717, 1.165) is 12.8 Å². The Bertz CT molecular complexity index is 167. The summed E-state index contributed by atoms with van der Waals surface area (Å²) in [6.07, 6.45) is 6.88. The minimum absolute atomic E-state index is 0.270. The predicted molar refractivity (Wildman–Crippen MR) is 48.6 cm³/mol. The normalized spacial score (nSPS) is 9.08. The van der Waals surface area contributed by atoms with E-state index in [-0.39, 0.29) is 5.57 Å². The summed E-state index contributed by atoms with van der Waals surface area (Å²) < 4.78 is 0. The summed E-state index contributed by atoms with van der Waals surface area (Å²) >= 11 is 0. The van der Waals surface area contributed by atoms with E-state index in [0.29, 0.717) is 12.7 Å². The van der Waals surface area contributed by atoms with Crippen LogP contribution in [0.1, 0.15) is 45.4 Å². The molecule has 0 N–H and O–H groups in total. The Morgan fingerprint density at radius 2 is 1.92 bits per heavy atom. The minimum atomic E-state index is 0.270. The van der Waals surface area contributed by atoms with Gasteiger partial charge in [-0.2, -0.15) is 0 Å². The molecule has 0 heterocycles. The zero-order valence-corrected chi connectivity index (χ0v) is 7.64. The molecule has 68 valence electrons. The van der Waals surface area contributed by atoms with Crippen LogP contribution in [-0.4, -0.2) is 12.2 Å². The van der Waals surface area contributed by atoms with Gasteiger partial charge in [-0.05, 0) is 12.8 Å². The van der Waals surface area contributed by atoms with Crippen LogP contribution in [0, 0.1) is 0 Å². The summed E-state index contributed by atoms with van der Waals surface area (Å²) in [6.45, 7) is 2.15. The van der Waals surface area contributed by atoms with Crippen molar-refractivity contribution in [3.8, 4) is 0 Å². The number of rotatable bonds is 7. The fourth-order valence-corrected chi connectivity index (χ4v) is 1.05. The first kappa shape index (κ1) is 11.1. The van der Waals surface area contributed by atoms with Gasteiger partial charge in [-0.1, -0.05) is 32.6 Å². The molecule has 0 fully saturated rings. The molecular formula is C10H16O2. The van der Waals surface area contributed by atoms with Gasteiger partial charge in [0.05, 0.1) is 5.57 Å². The third kappa shape index (κ3) is 5.87. The van der Waals surface area contributed by atoms with Crippen LogP contribution in [0.2, 0.25) is 0 Å². The maximum absolute atomic E-state index is 10.2. The fraction of sp³-hybridized carbons (Fsp3) is 0.700. The molecule has 2 heteroatoms. The molecule has 0 aliphatic heterocycles. The van der Waals surface area contributed by atoms with Gasteiger partial charge < -0.3 is 0 Å². The molecule has 0 unspecified atom stereocenters. The maximum atomic E-state index is 10.2. The smallest absolute Gasteiger partial charge is 0.157 e. The molecule has 0 aliphatic rings. The third-order valence-corrected chi connectivity index (χ3v) is 1.82. The lowest BCUT2D eigenvalue weighted by Crippen LogP contribution is -1.86. The van der Waals surface area contributed by atoms with E-state index >= 15 is 0 Å². The van der Waals surface area contributed by atoms with Crippen molar-refractivity contribution in [3.63, 3.8) is 0 Å². The lowest BCUT2D eigenvalue weighted by Gasteiger charge is -1.96. The molecule has 0 atom stereocenters. The van der Waals surface area contributed by atoms with E-state index in [4.69, 9.17) is 0 Å². The summed E-state index contributed by atoms with van der Waals surface area (Å²) in [5.41, 5.74) is 0.270. The van der Waals surface area contributed by atoms with Crippen molar-refractivity contribution in [2.24, 2.45) is 0 Å². The Morgan fingerprint density at radius 3 is 2.42 bits per heavy atom. The molecule has 0 spiro atoms. The number of hydrogen-bond donors (Lipinski definition) is 0. The topological polar surface area (TPSA) is 34.1 Å². The number of aldehydes is 1. The molecule has 0 aliphatic carbocycles. The average Bonchev–Trinajstić information content (AvgIpc) is 2.11. The molecule has 0 bridgehead atoms. The van der Waals surface area contributed by atoms with Gasteiger partial charge in [0.1, 0.15) is 5.94 Å². The third-order valence-electron chi connectivity index (χ3n) is 1.82. The molecule has 2 nitrogen and oxygen atoms in total. The maximum Gasteiger partial charge on any atom is 0.157 e. The van der Waals surface area contributed by atoms with Crippen molar-refractivity contribution in [2.75, 3.05) is 0 Å². The molecule has 12 heavy (non-hydrogen) atoms. The van der Waals surface area contributed by atoms with E-state index < -0.39 is 0 Å². The predicted octanol–water partition coefficient (Wildman–Crippen LogP) is 2.30. The van der Waals surface area contributed by atoms with Crippen molar-refractivity contribution < 1.29 is 9.59 Å². The number of allylic oxidation sites excluding steroid dienone is 1. The molecular weight excluding hydrogens is 152 g/mol. The second-order valence-corrected chi connectivity index (χ2v) is 2.91. The Hall–Kier alpha value is -0.880. The van der Waals surface area contributed by atoms with Gasteiger partial charge in [-0.3, -0.25) is 4.79 Å². The molecule has 0 aromatic heterocycles. The van der Waals surface area contributed by atoms with Crippen molar-refractivity contribution in [1.29, 1.82) is 0 Å².